The van der Waals surface area contributed by atoms with E-state index >= 15 is 4.39 Å². The third-order valence-electron chi connectivity index (χ3n) is 9.50. The molecule has 0 saturated carbocycles. The van der Waals surface area contributed by atoms with Gasteiger partial charge < -0.3 is 23.6 Å². The van der Waals surface area contributed by atoms with Gasteiger partial charge >= 0.3 is 0 Å². The molecule has 49 heavy (non-hydrogen) atoms. The van der Waals surface area contributed by atoms with Crippen LogP contribution >= 0.6 is 20.6 Å². The highest BCUT2D eigenvalue weighted by Gasteiger charge is 2.46. The van der Waals surface area contributed by atoms with E-state index in [0.29, 0.717) is 23.5 Å². The zero-order valence-corrected chi connectivity index (χ0v) is 32.3. The monoisotopic (exact) mass is 730 g/mol. The van der Waals surface area contributed by atoms with Crippen molar-refractivity contribution in [3.8, 4) is 0 Å². The van der Waals surface area contributed by atoms with Crippen LogP contribution in [-0.2, 0) is 18.5 Å². The number of hydrogen-bond acceptors (Lipinski definition) is 8. The number of aliphatic hydroxyl groups excluding tert-OH is 1. The SMILES string of the molecule is CCCCCCCCCCCCCCC(COPOCC1OC(n2cnc3c(C)nc(Cl)nc32)C(F)C1O)OCCCCCCCCCC. The van der Waals surface area contributed by atoms with Crippen LogP contribution in [0.3, 0.4) is 0 Å². The van der Waals surface area contributed by atoms with Gasteiger partial charge in [0.2, 0.25) is 5.28 Å². The first-order chi connectivity index (χ1) is 24.0. The van der Waals surface area contributed by atoms with Gasteiger partial charge in [-0.05, 0) is 31.4 Å². The summed E-state index contributed by atoms with van der Waals surface area (Å²) in [6.45, 7) is 7.49. The minimum atomic E-state index is -1.69. The molecular weight excluding hydrogens is 666 g/mol. The van der Waals surface area contributed by atoms with Gasteiger partial charge in [-0.15, -0.1) is 0 Å². The molecule has 1 aliphatic rings. The Morgan fingerprint density at radius 2 is 1.43 bits per heavy atom. The van der Waals surface area contributed by atoms with Crippen LogP contribution in [0.25, 0.3) is 11.2 Å². The molecule has 0 amide bonds. The third kappa shape index (κ3) is 16.1. The van der Waals surface area contributed by atoms with Crippen LogP contribution in [0.4, 0.5) is 4.39 Å². The number of hydrogen-bond donors (Lipinski definition) is 1. The number of imidazole rings is 1. The second-order valence-corrected chi connectivity index (χ2v) is 14.8. The third-order valence-corrected chi connectivity index (χ3v) is 10.2. The first kappa shape index (κ1) is 42.4. The highest BCUT2D eigenvalue weighted by Crippen LogP contribution is 2.35. The molecule has 1 fully saturated rings. The van der Waals surface area contributed by atoms with Crippen molar-refractivity contribution >= 4 is 31.8 Å². The number of nitrogens with zero attached hydrogens (tertiary/aromatic N) is 4. The van der Waals surface area contributed by atoms with Gasteiger partial charge in [-0.3, -0.25) is 4.57 Å². The summed E-state index contributed by atoms with van der Waals surface area (Å²) in [6, 6.07) is 0. The van der Waals surface area contributed by atoms with Crippen LogP contribution in [0.5, 0.6) is 0 Å². The number of fused-ring (bicyclic) bond motifs is 1. The van der Waals surface area contributed by atoms with Crippen molar-refractivity contribution in [3.05, 3.63) is 17.3 Å². The Labute approximate surface area is 302 Å². The van der Waals surface area contributed by atoms with Crippen molar-refractivity contribution < 1.29 is 28.0 Å². The van der Waals surface area contributed by atoms with Gasteiger partial charge in [0.25, 0.3) is 0 Å². The smallest absolute Gasteiger partial charge is 0.224 e. The van der Waals surface area contributed by atoms with Gasteiger partial charge in [-0.25, -0.2) is 14.4 Å². The Morgan fingerprint density at radius 3 is 2.04 bits per heavy atom. The Morgan fingerprint density at radius 1 is 0.857 bits per heavy atom. The van der Waals surface area contributed by atoms with Crippen LogP contribution in [0, 0.1) is 6.92 Å². The maximum absolute atomic E-state index is 15.2. The van der Waals surface area contributed by atoms with Gasteiger partial charge in [0.1, 0.15) is 17.7 Å². The van der Waals surface area contributed by atoms with Gasteiger partial charge in [0, 0.05) is 6.61 Å². The zero-order chi connectivity index (χ0) is 35.1. The van der Waals surface area contributed by atoms with Crippen molar-refractivity contribution in [2.45, 2.75) is 186 Å². The summed E-state index contributed by atoms with van der Waals surface area (Å²) in [7, 11) is -0.262. The van der Waals surface area contributed by atoms with E-state index in [0.717, 1.165) is 25.9 Å². The van der Waals surface area contributed by atoms with Crippen molar-refractivity contribution in [1.82, 2.24) is 19.5 Å². The summed E-state index contributed by atoms with van der Waals surface area (Å²) in [5.41, 5.74) is 1.45. The number of ether oxygens (including phenoxy) is 2. The molecule has 1 N–H and O–H groups in total. The fraction of sp³-hybridized carbons (Fsp3) is 0.865. The average molecular weight is 731 g/mol. The Hall–Kier alpha value is -1.00. The molecule has 282 valence electrons. The van der Waals surface area contributed by atoms with E-state index in [2.05, 4.69) is 28.8 Å². The summed E-state index contributed by atoms with van der Waals surface area (Å²) >= 11 is 6.03. The van der Waals surface area contributed by atoms with Crippen molar-refractivity contribution in [2.75, 3.05) is 19.8 Å². The summed E-state index contributed by atoms with van der Waals surface area (Å²) in [5.74, 6) is 0. The fourth-order valence-electron chi connectivity index (χ4n) is 6.47. The van der Waals surface area contributed by atoms with E-state index in [9.17, 15) is 5.11 Å². The van der Waals surface area contributed by atoms with E-state index in [4.69, 9.17) is 30.1 Å². The molecule has 1 aliphatic heterocycles. The number of aryl methyl sites for hydroxylation is 1. The molecule has 12 heteroatoms. The molecule has 6 unspecified atom stereocenters. The molecule has 6 atom stereocenters. The highest BCUT2D eigenvalue weighted by atomic mass is 35.5. The predicted octanol–water partition coefficient (Wildman–Crippen LogP) is 10.5. The number of aliphatic hydroxyl groups is 1. The van der Waals surface area contributed by atoms with Gasteiger partial charge in [0.05, 0.1) is 31.3 Å². The fourth-order valence-corrected chi connectivity index (χ4v) is 7.25. The van der Waals surface area contributed by atoms with Crippen molar-refractivity contribution in [3.63, 3.8) is 0 Å². The molecule has 3 rings (SSSR count). The first-order valence-electron chi connectivity index (χ1n) is 19.4. The van der Waals surface area contributed by atoms with Crippen molar-refractivity contribution in [2.24, 2.45) is 0 Å². The molecule has 0 aromatic carbocycles. The largest absolute Gasteiger partial charge is 0.387 e. The topological polar surface area (TPSA) is 101 Å². The quantitative estimate of drug-likeness (QED) is 0.0482. The van der Waals surface area contributed by atoms with Crippen molar-refractivity contribution in [1.29, 1.82) is 0 Å². The highest BCUT2D eigenvalue weighted by molar-refractivity contribution is 7.26. The second-order valence-electron chi connectivity index (χ2n) is 13.8. The lowest BCUT2D eigenvalue weighted by Gasteiger charge is -2.19. The maximum atomic E-state index is 15.2. The van der Waals surface area contributed by atoms with Gasteiger partial charge in [0.15, 0.2) is 27.1 Å². The number of rotatable bonds is 30. The Kier molecular flexibility index (Phi) is 22.4. The van der Waals surface area contributed by atoms with Crippen LogP contribution in [0.1, 0.15) is 161 Å². The molecule has 9 nitrogen and oxygen atoms in total. The van der Waals surface area contributed by atoms with Crippen LogP contribution in [-0.4, -0.2) is 68.9 Å². The number of alkyl halides is 1. The zero-order valence-electron chi connectivity index (χ0n) is 30.6. The number of halogens is 2. The average Bonchev–Trinajstić information content (AvgIpc) is 3.63. The minimum absolute atomic E-state index is 0.000445. The molecule has 1 saturated heterocycles. The standard InChI is InChI=1S/C37H65ClFN4O5P/c1-4-6-8-10-12-14-15-16-17-18-20-22-24-30(45-25-23-21-19-13-11-9-7-5-2)26-46-49-47-27-31-34(44)32(39)36(48-31)43-28-40-33-29(3)41-37(38)42-35(33)43/h28,30-32,34,36,44,49H,4-27H2,1-3H3. The van der Waals surface area contributed by atoms with Gasteiger partial charge in [-0.2, -0.15) is 4.98 Å². The summed E-state index contributed by atoms with van der Waals surface area (Å²) < 4.78 is 40.4. The molecule has 2 aromatic heterocycles. The summed E-state index contributed by atoms with van der Waals surface area (Å²) in [5, 5.41) is 10.6. The molecular formula is C37H65ClFN4O5P. The second kappa shape index (κ2) is 25.9. The van der Waals surface area contributed by atoms with Gasteiger partial charge in [-0.1, -0.05) is 136 Å². The maximum Gasteiger partial charge on any atom is 0.224 e. The molecule has 0 spiro atoms. The van der Waals surface area contributed by atoms with E-state index in [-0.39, 0.29) is 27.0 Å². The lowest BCUT2D eigenvalue weighted by molar-refractivity contribution is -0.0418. The number of unbranched alkanes of at least 4 members (excludes halogenated alkanes) is 18. The van der Waals surface area contributed by atoms with E-state index in [1.807, 2.05) is 0 Å². The Balaban J connectivity index is 1.34. The van der Waals surface area contributed by atoms with E-state index in [1.54, 1.807) is 6.92 Å². The predicted molar refractivity (Wildman–Crippen MR) is 198 cm³/mol. The molecule has 2 aromatic rings. The first-order valence-corrected chi connectivity index (χ1v) is 20.6. The normalized spacial score (nSPS) is 20.4. The molecule has 0 radical (unpaired) electrons. The minimum Gasteiger partial charge on any atom is -0.387 e. The molecule has 0 bridgehead atoms. The number of aromatic nitrogens is 4. The van der Waals surface area contributed by atoms with Crippen LogP contribution < -0.4 is 0 Å². The lowest BCUT2D eigenvalue weighted by atomic mass is 10.0. The summed E-state index contributed by atoms with van der Waals surface area (Å²) in [4.78, 5) is 12.6. The summed E-state index contributed by atoms with van der Waals surface area (Å²) in [6.07, 6.45) is 23.5. The Bertz CT molecular complexity index is 1130. The lowest BCUT2D eigenvalue weighted by Crippen LogP contribution is -2.31. The molecule has 3 heterocycles. The van der Waals surface area contributed by atoms with Crippen LogP contribution in [0.15, 0.2) is 6.33 Å². The van der Waals surface area contributed by atoms with E-state index in [1.165, 1.54) is 126 Å². The van der Waals surface area contributed by atoms with E-state index < -0.39 is 24.6 Å². The molecule has 0 aliphatic carbocycles. The van der Waals surface area contributed by atoms with Crippen LogP contribution in [0.2, 0.25) is 5.28 Å².